The van der Waals surface area contributed by atoms with Gasteiger partial charge in [0.15, 0.2) is 0 Å². The van der Waals surface area contributed by atoms with Crippen LogP contribution < -0.4 is 6.15 Å². The first-order chi connectivity index (χ1) is 3.91. The fraction of sp³-hybridized carbons (Fsp3) is 1.00. The lowest BCUT2D eigenvalue weighted by Crippen LogP contribution is -1.91. The molecule has 3 N–H and O–H groups in total. The highest BCUT2D eigenvalue weighted by atomic mass is 16.5. The summed E-state index contributed by atoms with van der Waals surface area (Å²) in [5, 5.41) is 0. The van der Waals surface area contributed by atoms with E-state index in [-0.39, 0.29) is 6.15 Å². The summed E-state index contributed by atoms with van der Waals surface area (Å²) >= 11 is 0. The molecule has 0 heterocycles. The smallest absolute Gasteiger partial charge is 0.0465 e. The van der Waals surface area contributed by atoms with Crippen molar-refractivity contribution in [2.75, 3.05) is 13.2 Å². The topological polar surface area (TPSA) is 44.2 Å². The van der Waals surface area contributed by atoms with Crippen LogP contribution in [0, 0.1) is 0 Å². The van der Waals surface area contributed by atoms with Crippen molar-refractivity contribution in [3.05, 3.63) is 0 Å². The van der Waals surface area contributed by atoms with Crippen molar-refractivity contribution >= 4 is 0 Å². The summed E-state index contributed by atoms with van der Waals surface area (Å²) in [5.74, 6) is 0. The van der Waals surface area contributed by atoms with Crippen LogP contribution in [-0.4, -0.2) is 13.2 Å². The Kier molecular flexibility index (Phi) is 14.0. The molecule has 0 radical (unpaired) electrons. The lowest BCUT2D eigenvalue weighted by molar-refractivity contribution is 0.143. The van der Waals surface area contributed by atoms with Gasteiger partial charge < -0.3 is 10.9 Å². The lowest BCUT2D eigenvalue weighted by Gasteiger charge is -1.96. The van der Waals surface area contributed by atoms with Gasteiger partial charge in [0.25, 0.3) is 0 Å². The predicted octanol–water partition coefficient (Wildman–Crippen LogP) is 2.38. The largest absolute Gasteiger partial charge is 0.382 e. The molecule has 2 nitrogen and oxygen atoms in total. The Morgan fingerprint density at radius 3 is 2.22 bits per heavy atom. The Hall–Kier alpha value is -0.0800. The van der Waals surface area contributed by atoms with Gasteiger partial charge in [-0.15, -0.1) is 0 Å². The van der Waals surface area contributed by atoms with Gasteiger partial charge in [0.1, 0.15) is 0 Å². The molecule has 0 spiro atoms. The van der Waals surface area contributed by atoms with Gasteiger partial charge in [-0.2, -0.15) is 0 Å². The molecule has 0 unspecified atom stereocenters. The average molecular weight is 133 g/mol. The van der Waals surface area contributed by atoms with E-state index < -0.39 is 0 Å². The van der Waals surface area contributed by atoms with Gasteiger partial charge in [-0.05, 0) is 13.3 Å². The summed E-state index contributed by atoms with van der Waals surface area (Å²) in [6.07, 6.45) is 3.82. The van der Waals surface area contributed by atoms with Gasteiger partial charge in [0, 0.05) is 13.2 Å². The van der Waals surface area contributed by atoms with Crippen LogP contribution in [0.25, 0.3) is 0 Å². The second kappa shape index (κ2) is 10.8. The van der Waals surface area contributed by atoms with Gasteiger partial charge in [0.05, 0.1) is 0 Å². The average Bonchev–Trinajstić information content (AvgIpc) is 1.81. The molecule has 2 heteroatoms. The van der Waals surface area contributed by atoms with E-state index in [2.05, 4.69) is 6.92 Å². The van der Waals surface area contributed by atoms with Crippen LogP contribution in [0.4, 0.5) is 0 Å². The lowest BCUT2D eigenvalue weighted by atomic mass is 10.3. The Labute approximate surface area is 58.2 Å². The Morgan fingerprint density at radius 1 is 1.11 bits per heavy atom. The van der Waals surface area contributed by atoms with Crippen LogP contribution >= 0.6 is 0 Å². The first-order valence-corrected chi connectivity index (χ1v) is 3.49. The van der Waals surface area contributed by atoms with Gasteiger partial charge in [-0.3, -0.25) is 0 Å². The third-order valence-corrected chi connectivity index (χ3v) is 1.10. The van der Waals surface area contributed by atoms with E-state index in [1.165, 1.54) is 19.3 Å². The highest BCUT2D eigenvalue weighted by Gasteiger charge is 1.82. The Balaban J connectivity index is 0. The molecule has 0 amide bonds. The van der Waals surface area contributed by atoms with Crippen molar-refractivity contribution in [3.8, 4) is 0 Å². The van der Waals surface area contributed by atoms with Crippen LogP contribution in [0.2, 0.25) is 0 Å². The summed E-state index contributed by atoms with van der Waals surface area (Å²) < 4.78 is 5.14. The van der Waals surface area contributed by atoms with E-state index in [1.54, 1.807) is 0 Å². The van der Waals surface area contributed by atoms with Gasteiger partial charge in [0.2, 0.25) is 0 Å². The highest BCUT2D eigenvalue weighted by Crippen LogP contribution is 1.92. The second-order valence-electron chi connectivity index (χ2n) is 1.90. The maximum absolute atomic E-state index is 5.14. The van der Waals surface area contributed by atoms with Crippen molar-refractivity contribution in [1.29, 1.82) is 0 Å². The van der Waals surface area contributed by atoms with Crippen LogP contribution in [0.15, 0.2) is 0 Å². The monoisotopic (exact) mass is 133 g/mol. The summed E-state index contributed by atoms with van der Waals surface area (Å²) in [5.41, 5.74) is 0. The van der Waals surface area contributed by atoms with E-state index in [1.807, 2.05) is 6.92 Å². The number of unbranched alkanes of at least 4 members (excludes halogenated alkanes) is 2. The summed E-state index contributed by atoms with van der Waals surface area (Å²) in [7, 11) is 0. The standard InChI is InChI=1S/C7H16O.H3N/c1-3-5-6-7-8-4-2;/h3-7H2,1-2H3;1H3. The van der Waals surface area contributed by atoms with E-state index in [0.29, 0.717) is 0 Å². The number of hydrogen-bond acceptors (Lipinski definition) is 2. The van der Waals surface area contributed by atoms with Gasteiger partial charge in [-0.25, -0.2) is 0 Å². The van der Waals surface area contributed by atoms with Crippen molar-refractivity contribution in [2.24, 2.45) is 0 Å². The normalized spacial score (nSPS) is 8.67. The molecule has 0 aliphatic heterocycles. The molecule has 0 saturated carbocycles. The first kappa shape index (κ1) is 11.7. The Bertz CT molecular complexity index is 33.9. The minimum absolute atomic E-state index is 0. The minimum atomic E-state index is 0. The molecular weight excluding hydrogens is 114 g/mol. The third-order valence-electron chi connectivity index (χ3n) is 1.10. The third kappa shape index (κ3) is 11.5. The molecule has 0 fully saturated rings. The number of rotatable bonds is 5. The zero-order valence-electron chi connectivity index (χ0n) is 6.65. The van der Waals surface area contributed by atoms with Gasteiger partial charge >= 0.3 is 0 Å². The zero-order valence-corrected chi connectivity index (χ0v) is 6.65. The SMILES string of the molecule is CCCCCOCC.N. The summed E-state index contributed by atoms with van der Waals surface area (Å²) in [4.78, 5) is 0. The molecule has 0 aromatic heterocycles. The van der Waals surface area contributed by atoms with Crippen molar-refractivity contribution in [3.63, 3.8) is 0 Å². The number of hydrogen-bond donors (Lipinski definition) is 1. The van der Waals surface area contributed by atoms with E-state index in [4.69, 9.17) is 4.74 Å². The first-order valence-electron chi connectivity index (χ1n) is 3.49. The second-order valence-corrected chi connectivity index (χ2v) is 1.90. The van der Waals surface area contributed by atoms with E-state index in [9.17, 15) is 0 Å². The molecular formula is C7H19NO. The quantitative estimate of drug-likeness (QED) is 0.585. The van der Waals surface area contributed by atoms with Crippen LogP contribution in [0.3, 0.4) is 0 Å². The molecule has 0 bridgehead atoms. The van der Waals surface area contributed by atoms with Crippen molar-refractivity contribution < 1.29 is 4.74 Å². The fourth-order valence-corrected chi connectivity index (χ4v) is 0.598. The Morgan fingerprint density at radius 2 is 1.78 bits per heavy atom. The zero-order chi connectivity index (χ0) is 6.24. The fourth-order valence-electron chi connectivity index (χ4n) is 0.598. The van der Waals surface area contributed by atoms with E-state index >= 15 is 0 Å². The maximum atomic E-state index is 5.14. The molecule has 0 aromatic carbocycles. The van der Waals surface area contributed by atoms with Crippen LogP contribution in [-0.2, 0) is 4.74 Å². The molecule has 0 aliphatic rings. The maximum Gasteiger partial charge on any atom is 0.0465 e. The minimum Gasteiger partial charge on any atom is -0.382 e. The predicted molar refractivity (Wildman–Crippen MR) is 41.0 cm³/mol. The molecule has 58 valence electrons. The summed E-state index contributed by atoms with van der Waals surface area (Å²) in [6.45, 7) is 6.05. The van der Waals surface area contributed by atoms with Crippen molar-refractivity contribution in [1.82, 2.24) is 6.15 Å². The van der Waals surface area contributed by atoms with Crippen LogP contribution in [0.1, 0.15) is 33.1 Å². The van der Waals surface area contributed by atoms with Crippen molar-refractivity contribution in [2.45, 2.75) is 33.1 Å². The number of ether oxygens (including phenoxy) is 1. The molecule has 0 atom stereocenters. The van der Waals surface area contributed by atoms with Crippen LogP contribution in [0.5, 0.6) is 0 Å². The summed E-state index contributed by atoms with van der Waals surface area (Å²) in [6, 6.07) is 0. The molecule has 0 rings (SSSR count). The van der Waals surface area contributed by atoms with E-state index in [0.717, 1.165) is 13.2 Å². The molecule has 0 aromatic rings. The molecule has 9 heavy (non-hydrogen) atoms. The molecule has 0 saturated heterocycles. The molecule has 0 aliphatic carbocycles. The highest BCUT2D eigenvalue weighted by molar-refractivity contribution is 4.34. The van der Waals surface area contributed by atoms with Gasteiger partial charge in [-0.1, -0.05) is 19.8 Å².